The Morgan fingerprint density at radius 1 is 0.947 bits per heavy atom. The average molecular weight is 252 g/mol. The number of carbonyl (C=O) groups excluding carboxylic acids is 1. The molecule has 1 unspecified atom stereocenters. The maximum atomic E-state index is 11.3. The Morgan fingerprint density at radius 2 is 1.53 bits per heavy atom. The Hall–Kier alpha value is -1.89. The van der Waals surface area contributed by atoms with Crippen LogP contribution in [0.1, 0.15) is 38.2 Å². The highest BCUT2D eigenvalue weighted by atomic mass is 16.1. The first kappa shape index (κ1) is 13.5. The molecule has 0 aliphatic carbocycles. The van der Waals surface area contributed by atoms with Gasteiger partial charge in [0.2, 0.25) is 0 Å². The molecule has 2 rings (SSSR count). The van der Waals surface area contributed by atoms with Gasteiger partial charge in [-0.15, -0.1) is 0 Å². The number of benzene rings is 2. The lowest BCUT2D eigenvalue weighted by atomic mass is 9.90. The zero-order chi connectivity index (χ0) is 13.7. The maximum Gasteiger partial charge on any atom is 0.130 e. The molecule has 0 heterocycles. The minimum atomic E-state index is 0.263. The molecule has 0 amide bonds. The van der Waals surface area contributed by atoms with E-state index in [-0.39, 0.29) is 5.78 Å². The zero-order valence-electron chi connectivity index (χ0n) is 11.6. The molecule has 0 radical (unpaired) electrons. The van der Waals surface area contributed by atoms with Crippen molar-refractivity contribution < 1.29 is 4.79 Å². The van der Waals surface area contributed by atoms with Gasteiger partial charge in [0, 0.05) is 6.42 Å². The molecule has 19 heavy (non-hydrogen) atoms. The minimum absolute atomic E-state index is 0.263. The third kappa shape index (κ3) is 3.54. The molecule has 2 aromatic carbocycles. The molecular weight excluding hydrogens is 232 g/mol. The summed E-state index contributed by atoms with van der Waals surface area (Å²) in [6, 6.07) is 18.9. The molecule has 0 aliphatic heterocycles. The van der Waals surface area contributed by atoms with E-state index in [2.05, 4.69) is 43.3 Å². The SMILES string of the molecule is CCC(CC(C)=O)c1ccc(-c2ccccc2)cc1. The van der Waals surface area contributed by atoms with Gasteiger partial charge in [0.05, 0.1) is 0 Å². The zero-order valence-corrected chi connectivity index (χ0v) is 11.6. The van der Waals surface area contributed by atoms with Crippen molar-refractivity contribution in [3.63, 3.8) is 0 Å². The fourth-order valence-electron chi connectivity index (χ4n) is 2.42. The van der Waals surface area contributed by atoms with Crippen LogP contribution in [-0.2, 0) is 4.79 Å². The summed E-state index contributed by atoms with van der Waals surface area (Å²) in [5.74, 6) is 0.612. The summed E-state index contributed by atoms with van der Waals surface area (Å²) in [4.78, 5) is 11.3. The highest BCUT2D eigenvalue weighted by Gasteiger charge is 2.11. The predicted octanol–water partition coefficient (Wildman–Crippen LogP) is 4.83. The van der Waals surface area contributed by atoms with Gasteiger partial charge in [-0.1, -0.05) is 61.5 Å². The van der Waals surface area contributed by atoms with Gasteiger partial charge in [-0.2, -0.15) is 0 Å². The lowest BCUT2D eigenvalue weighted by molar-refractivity contribution is -0.117. The van der Waals surface area contributed by atoms with Crippen molar-refractivity contribution in [1.29, 1.82) is 0 Å². The highest BCUT2D eigenvalue weighted by Crippen LogP contribution is 2.26. The summed E-state index contributed by atoms with van der Waals surface area (Å²) >= 11 is 0. The predicted molar refractivity (Wildman–Crippen MR) is 80.2 cm³/mol. The van der Waals surface area contributed by atoms with Gasteiger partial charge >= 0.3 is 0 Å². The number of Topliss-reactive ketones (excluding diaryl/α,β-unsaturated/α-hetero) is 1. The van der Waals surface area contributed by atoms with Crippen LogP contribution in [0, 0.1) is 0 Å². The smallest absolute Gasteiger partial charge is 0.130 e. The van der Waals surface area contributed by atoms with Crippen LogP contribution in [-0.4, -0.2) is 5.78 Å². The first-order valence-corrected chi connectivity index (χ1v) is 6.85. The maximum absolute atomic E-state index is 11.3. The topological polar surface area (TPSA) is 17.1 Å². The molecule has 1 atom stereocenters. The molecule has 1 heteroatoms. The summed E-state index contributed by atoms with van der Waals surface area (Å²) in [6.45, 7) is 3.81. The molecule has 1 nitrogen and oxygen atoms in total. The number of hydrogen-bond acceptors (Lipinski definition) is 1. The monoisotopic (exact) mass is 252 g/mol. The van der Waals surface area contributed by atoms with Crippen molar-refractivity contribution in [1.82, 2.24) is 0 Å². The molecule has 98 valence electrons. The highest BCUT2D eigenvalue weighted by molar-refractivity contribution is 5.76. The van der Waals surface area contributed by atoms with E-state index in [4.69, 9.17) is 0 Å². The van der Waals surface area contributed by atoms with Gasteiger partial charge in [0.25, 0.3) is 0 Å². The summed E-state index contributed by atoms with van der Waals surface area (Å²) in [6.07, 6.45) is 1.64. The lowest BCUT2D eigenvalue weighted by Crippen LogP contribution is -2.03. The summed E-state index contributed by atoms with van der Waals surface area (Å²) < 4.78 is 0. The molecule has 0 bridgehead atoms. The first-order valence-electron chi connectivity index (χ1n) is 6.85. The van der Waals surface area contributed by atoms with Gasteiger partial charge in [-0.05, 0) is 36.0 Å². The average Bonchev–Trinajstić information content (AvgIpc) is 2.46. The third-order valence-corrected chi connectivity index (χ3v) is 3.52. The van der Waals surface area contributed by atoms with Gasteiger partial charge in [0.1, 0.15) is 5.78 Å². The number of hydrogen-bond donors (Lipinski definition) is 0. The first-order chi connectivity index (χ1) is 9.20. The van der Waals surface area contributed by atoms with E-state index in [1.165, 1.54) is 16.7 Å². The van der Waals surface area contributed by atoms with Crippen LogP contribution in [0.2, 0.25) is 0 Å². The molecule has 0 aliphatic rings. The molecular formula is C18H20O. The van der Waals surface area contributed by atoms with E-state index in [0.717, 1.165) is 6.42 Å². The Bertz CT molecular complexity index is 525. The van der Waals surface area contributed by atoms with Gasteiger partial charge in [0.15, 0.2) is 0 Å². The molecule has 0 N–H and O–H groups in total. The summed E-state index contributed by atoms with van der Waals surface area (Å²) in [5.41, 5.74) is 3.72. The normalized spacial score (nSPS) is 12.1. The van der Waals surface area contributed by atoms with E-state index in [9.17, 15) is 4.79 Å². The van der Waals surface area contributed by atoms with E-state index < -0.39 is 0 Å². The Morgan fingerprint density at radius 3 is 2.05 bits per heavy atom. The van der Waals surface area contributed by atoms with E-state index >= 15 is 0 Å². The molecule has 2 aromatic rings. The number of rotatable bonds is 5. The van der Waals surface area contributed by atoms with Crippen molar-refractivity contribution in [2.24, 2.45) is 0 Å². The van der Waals surface area contributed by atoms with E-state index in [1.807, 2.05) is 18.2 Å². The van der Waals surface area contributed by atoms with E-state index in [0.29, 0.717) is 12.3 Å². The standard InChI is InChI=1S/C18H20O/c1-3-15(13-14(2)19)17-9-11-18(12-10-17)16-7-5-4-6-8-16/h4-12,15H,3,13H2,1-2H3. The molecule has 0 spiro atoms. The molecule has 0 saturated carbocycles. The Balaban J connectivity index is 2.20. The Kier molecular flexibility index (Phi) is 4.51. The minimum Gasteiger partial charge on any atom is -0.300 e. The van der Waals surface area contributed by atoms with Crippen LogP contribution in [0.4, 0.5) is 0 Å². The number of ketones is 1. The fraction of sp³-hybridized carbons (Fsp3) is 0.278. The summed E-state index contributed by atoms with van der Waals surface area (Å²) in [5, 5.41) is 0. The second-order valence-corrected chi connectivity index (χ2v) is 5.00. The largest absolute Gasteiger partial charge is 0.300 e. The van der Waals surface area contributed by atoms with Gasteiger partial charge in [-0.25, -0.2) is 0 Å². The molecule has 0 fully saturated rings. The van der Waals surface area contributed by atoms with Crippen LogP contribution >= 0.6 is 0 Å². The van der Waals surface area contributed by atoms with Crippen molar-refractivity contribution in [2.45, 2.75) is 32.6 Å². The van der Waals surface area contributed by atoms with Crippen molar-refractivity contribution in [3.8, 4) is 11.1 Å². The van der Waals surface area contributed by atoms with Crippen LogP contribution in [0.3, 0.4) is 0 Å². The quantitative estimate of drug-likeness (QED) is 0.745. The van der Waals surface area contributed by atoms with Crippen LogP contribution in [0.5, 0.6) is 0 Å². The van der Waals surface area contributed by atoms with Crippen LogP contribution < -0.4 is 0 Å². The second kappa shape index (κ2) is 6.33. The molecule has 0 saturated heterocycles. The summed E-state index contributed by atoms with van der Waals surface area (Å²) in [7, 11) is 0. The number of carbonyl (C=O) groups is 1. The van der Waals surface area contributed by atoms with Crippen molar-refractivity contribution >= 4 is 5.78 Å². The third-order valence-electron chi connectivity index (χ3n) is 3.52. The van der Waals surface area contributed by atoms with Crippen molar-refractivity contribution in [3.05, 3.63) is 60.2 Å². The molecule has 0 aromatic heterocycles. The van der Waals surface area contributed by atoms with Crippen LogP contribution in [0.15, 0.2) is 54.6 Å². The van der Waals surface area contributed by atoms with Gasteiger partial charge in [-0.3, -0.25) is 0 Å². The fourth-order valence-corrected chi connectivity index (χ4v) is 2.42. The second-order valence-electron chi connectivity index (χ2n) is 5.00. The van der Waals surface area contributed by atoms with Crippen molar-refractivity contribution in [2.75, 3.05) is 0 Å². The lowest BCUT2D eigenvalue weighted by Gasteiger charge is -2.14. The van der Waals surface area contributed by atoms with Gasteiger partial charge < -0.3 is 4.79 Å². The van der Waals surface area contributed by atoms with Crippen LogP contribution in [0.25, 0.3) is 11.1 Å². The van der Waals surface area contributed by atoms with E-state index in [1.54, 1.807) is 6.92 Å². The Labute approximate surface area is 115 Å².